The van der Waals surface area contributed by atoms with Crippen molar-refractivity contribution in [1.29, 1.82) is 0 Å². The molecule has 3 aromatic rings. The van der Waals surface area contributed by atoms with Gasteiger partial charge in [-0.1, -0.05) is 35.9 Å². The van der Waals surface area contributed by atoms with E-state index in [0.29, 0.717) is 5.56 Å². The number of benzene rings is 3. The maximum absolute atomic E-state index is 12.6. The van der Waals surface area contributed by atoms with Gasteiger partial charge in [-0.3, -0.25) is 4.79 Å². The molecule has 168 valence electrons. The lowest BCUT2D eigenvalue weighted by molar-refractivity contribution is -0.137. The number of nitrogens with two attached hydrogens (primary N) is 1. The second kappa shape index (κ2) is 9.19. The molecule has 0 aliphatic rings. The summed E-state index contributed by atoms with van der Waals surface area (Å²) >= 11 is 6.03. The number of para-hydroxylation sites is 1. The van der Waals surface area contributed by atoms with E-state index in [9.17, 15) is 26.4 Å². The minimum atomic E-state index is -4.47. The first-order valence-corrected chi connectivity index (χ1v) is 10.9. The summed E-state index contributed by atoms with van der Waals surface area (Å²) in [5.74, 6) is -0.454. The minimum absolute atomic E-state index is 0.0960. The molecule has 11 heteroatoms. The fraction of sp³-hybridized carbons (Fsp3) is 0.0952. The third-order valence-corrected chi connectivity index (χ3v) is 5.48. The number of anilines is 1. The molecular formula is C21H16ClF3N2O4S. The van der Waals surface area contributed by atoms with Crippen molar-refractivity contribution in [1.82, 2.24) is 0 Å². The highest BCUT2D eigenvalue weighted by Gasteiger charge is 2.30. The van der Waals surface area contributed by atoms with Crippen molar-refractivity contribution in [2.24, 2.45) is 5.14 Å². The highest BCUT2D eigenvalue weighted by molar-refractivity contribution is 7.89. The Labute approximate surface area is 186 Å². The minimum Gasteiger partial charge on any atom is -0.454 e. The zero-order valence-electron chi connectivity index (χ0n) is 16.2. The molecule has 32 heavy (non-hydrogen) atoms. The van der Waals surface area contributed by atoms with Crippen molar-refractivity contribution in [3.63, 3.8) is 0 Å². The van der Waals surface area contributed by atoms with E-state index in [0.717, 1.165) is 18.2 Å². The molecule has 0 aliphatic heterocycles. The molecule has 3 N–H and O–H groups in total. The summed E-state index contributed by atoms with van der Waals surface area (Å²) in [6.07, 6.45) is -4.70. The van der Waals surface area contributed by atoms with E-state index < -0.39 is 27.7 Å². The number of hydrogen-bond donors (Lipinski definition) is 2. The molecule has 0 saturated heterocycles. The van der Waals surface area contributed by atoms with Crippen molar-refractivity contribution in [3.8, 4) is 11.5 Å². The lowest BCUT2D eigenvalue weighted by atomic mass is 10.1. The number of carbonyl (C=O) groups excluding carboxylic acids is 1. The standard InChI is InChI=1S/C21H16ClF3N2O4S/c22-16-3-1-2-4-17(16)31-18-10-9-15(12-19(18)32(26,29)30)27-20(28)11-13-5-7-14(8-6-13)21(23,24)25/h1-10,12H,11H2,(H,27,28)(H2,26,29,30). The molecule has 0 radical (unpaired) electrons. The smallest absolute Gasteiger partial charge is 0.416 e. The summed E-state index contributed by atoms with van der Waals surface area (Å²) in [5.41, 5.74) is -0.369. The van der Waals surface area contributed by atoms with Gasteiger partial charge in [0.15, 0.2) is 0 Å². The van der Waals surface area contributed by atoms with Crippen molar-refractivity contribution >= 4 is 33.2 Å². The van der Waals surface area contributed by atoms with Gasteiger partial charge < -0.3 is 10.1 Å². The second-order valence-electron chi connectivity index (χ2n) is 6.66. The Morgan fingerprint density at radius 2 is 1.66 bits per heavy atom. The number of rotatable bonds is 6. The van der Waals surface area contributed by atoms with Crippen LogP contribution in [0.4, 0.5) is 18.9 Å². The average molecular weight is 485 g/mol. The van der Waals surface area contributed by atoms with Crippen LogP contribution < -0.4 is 15.2 Å². The summed E-state index contributed by atoms with van der Waals surface area (Å²) in [6.45, 7) is 0. The van der Waals surface area contributed by atoms with Gasteiger partial charge in [-0.25, -0.2) is 13.6 Å². The van der Waals surface area contributed by atoms with Crippen molar-refractivity contribution in [3.05, 3.63) is 82.9 Å². The van der Waals surface area contributed by atoms with Gasteiger partial charge in [0.1, 0.15) is 16.4 Å². The van der Waals surface area contributed by atoms with Crippen LogP contribution in [0.1, 0.15) is 11.1 Å². The summed E-state index contributed by atoms with van der Waals surface area (Å²) in [5, 5.41) is 8.02. The highest BCUT2D eigenvalue weighted by atomic mass is 35.5. The Balaban J connectivity index is 1.78. The largest absolute Gasteiger partial charge is 0.454 e. The van der Waals surface area contributed by atoms with Crippen LogP contribution in [0.25, 0.3) is 0 Å². The van der Waals surface area contributed by atoms with Crippen LogP contribution in [-0.4, -0.2) is 14.3 Å². The van der Waals surface area contributed by atoms with E-state index in [1.54, 1.807) is 18.2 Å². The first-order valence-electron chi connectivity index (χ1n) is 8.99. The van der Waals surface area contributed by atoms with Crippen molar-refractivity contribution in [2.75, 3.05) is 5.32 Å². The van der Waals surface area contributed by atoms with E-state index in [2.05, 4.69) is 5.32 Å². The molecule has 0 heterocycles. The molecule has 6 nitrogen and oxygen atoms in total. The van der Waals surface area contributed by atoms with Crippen LogP contribution in [0, 0.1) is 0 Å². The molecule has 0 aliphatic carbocycles. The molecule has 3 rings (SSSR count). The van der Waals surface area contributed by atoms with Crippen LogP contribution >= 0.6 is 11.6 Å². The fourth-order valence-electron chi connectivity index (χ4n) is 2.74. The Kier molecular flexibility index (Phi) is 6.77. The number of sulfonamides is 1. The fourth-order valence-corrected chi connectivity index (χ4v) is 3.60. The van der Waals surface area contributed by atoms with E-state index in [1.165, 1.54) is 30.3 Å². The molecule has 0 atom stereocenters. The van der Waals surface area contributed by atoms with Gasteiger partial charge in [-0.15, -0.1) is 0 Å². The van der Waals surface area contributed by atoms with Gasteiger partial charge in [-0.2, -0.15) is 13.2 Å². The van der Waals surface area contributed by atoms with E-state index in [4.69, 9.17) is 21.5 Å². The van der Waals surface area contributed by atoms with Gasteiger partial charge in [0.05, 0.1) is 17.0 Å². The first-order chi connectivity index (χ1) is 14.9. The summed E-state index contributed by atoms with van der Waals surface area (Å²) in [7, 11) is -4.23. The molecule has 3 aromatic carbocycles. The molecule has 0 fully saturated rings. The molecular weight excluding hydrogens is 469 g/mol. The number of alkyl halides is 3. The highest BCUT2D eigenvalue weighted by Crippen LogP contribution is 2.34. The summed E-state index contributed by atoms with van der Waals surface area (Å²) < 4.78 is 67.5. The monoisotopic (exact) mass is 484 g/mol. The zero-order chi connectivity index (χ0) is 23.5. The van der Waals surface area contributed by atoms with Gasteiger partial charge in [-0.05, 0) is 48.0 Å². The number of ether oxygens (including phenoxy) is 1. The summed E-state index contributed by atoms with van der Waals surface area (Å²) in [6, 6.07) is 14.4. The lowest BCUT2D eigenvalue weighted by Gasteiger charge is -2.13. The maximum Gasteiger partial charge on any atom is 0.416 e. The zero-order valence-corrected chi connectivity index (χ0v) is 17.8. The Bertz CT molecular complexity index is 1250. The van der Waals surface area contributed by atoms with Crippen LogP contribution in [0.2, 0.25) is 5.02 Å². The average Bonchev–Trinajstić information content (AvgIpc) is 2.69. The molecule has 0 spiro atoms. The first kappa shape index (κ1) is 23.6. The normalized spacial score (nSPS) is 11.8. The Morgan fingerprint density at radius 1 is 1.00 bits per heavy atom. The number of amides is 1. The third-order valence-electron chi connectivity index (χ3n) is 4.24. The number of carbonyl (C=O) groups is 1. The van der Waals surface area contributed by atoms with Crippen LogP contribution in [0.5, 0.6) is 11.5 Å². The molecule has 0 unspecified atom stereocenters. The number of halogens is 4. The Hall–Kier alpha value is -3.08. The van der Waals surface area contributed by atoms with Crippen LogP contribution in [-0.2, 0) is 27.4 Å². The number of nitrogens with one attached hydrogen (secondary N) is 1. The summed E-state index contributed by atoms with van der Waals surface area (Å²) in [4.78, 5) is 11.9. The van der Waals surface area contributed by atoms with Gasteiger partial charge in [0.25, 0.3) is 0 Å². The van der Waals surface area contributed by atoms with Crippen molar-refractivity contribution < 1.29 is 31.1 Å². The predicted molar refractivity (Wildman–Crippen MR) is 113 cm³/mol. The SMILES string of the molecule is NS(=O)(=O)c1cc(NC(=O)Cc2ccc(C(F)(F)F)cc2)ccc1Oc1ccccc1Cl. The number of primary sulfonamides is 1. The Morgan fingerprint density at radius 3 is 2.25 bits per heavy atom. The lowest BCUT2D eigenvalue weighted by Crippen LogP contribution is -2.17. The maximum atomic E-state index is 12.6. The predicted octanol–water partition coefficient (Wildman–Crippen LogP) is 4.98. The molecule has 0 saturated carbocycles. The van der Waals surface area contributed by atoms with Crippen LogP contribution in [0.3, 0.4) is 0 Å². The van der Waals surface area contributed by atoms with Crippen molar-refractivity contribution in [2.45, 2.75) is 17.5 Å². The molecule has 1 amide bonds. The molecule has 0 aromatic heterocycles. The van der Waals surface area contributed by atoms with Gasteiger partial charge in [0, 0.05) is 5.69 Å². The van der Waals surface area contributed by atoms with Gasteiger partial charge in [0.2, 0.25) is 15.9 Å². The topological polar surface area (TPSA) is 98.5 Å². The number of hydrogen-bond acceptors (Lipinski definition) is 4. The second-order valence-corrected chi connectivity index (χ2v) is 8.60. The van der Waals surface area contributed by atoms with E-state index in [1.807, 2.05) is 0 Å². The molecule has 0 bridgehead atoms. The quantitative estimate of drug-likeness (QED) is 0.515. The van der Waals surface area contributed by atoms with E-state index >= 15 is 0 Å². The third kappa shape index (κ3) is 6.00. The van der Waals surface area contributed by atoms with E-state index in [-0.39, 0.29) is 33.5 Å². The van der Waals surface area contributed by atoms with Gasteiger partial charge >= 0.3 is 6.18 Å². The van der Waals surface area contributed by atoms with Crippen LogP contribution in [0.15, 0.2) is 71.6 Å².